The number of aromatic nitrogens is 1. The molecule has 0 fully saturated rings. The van der Waals surface area contributed by atoms with E-state index >= 15 is 0 Å². The Hall–Kier alpha value is -1.40. The van der Waals surface area contributed by atoms with E-state index in [1.807, 2.05) is 32.9 Å². The summed E-state index contributed by atoms with van der Waals surface area (Å²) in [5.41, 5.74) is 4.13. The standard InChI is InChI=1S/C17H22N2O2S2/c1-12(2)10-19(23(20,21)17-18-13(3)11-22-17)16-8-7-14-5-4-6-15(14)9-16/h7-9,11-12H,4-6,10H2,1-3H3. The van der Waals surface area contributed by atoms with E-state index in [1.165, 1.54) is 26.8 Å². The number of hydrogen-bond acceptors (Lipinski definition) is 4. The SMILES string of the molecule is Cc1csc(S(=O)(=O)N(CC(C)C)c2ccc3c(c2)CCC3)n1. The molecule has 0 amide bonds. The first-order valence-corrected chi connectivity index (χ1v) is 10.3. The van der Waals surface area contributed by atoms with Gasteiger partial charge < -0.3 is 0 Å². The molecule has 124 valence electrons. The maximum Gasteiger partial charge on any atom is 0.291 e. The molecule has 1 aromatic carbocycles. The van der Waals surface area contributed by atoms with E-state index < -0.39 is 10.0 Å². The molecule has 0 spiro atoms. The molecule has 2 aromatic rings. The maximum atomic E-state index is 13.1. The van der Waals surface area contributed by atoms with Crippen molar-refractivity contribution in [2.24, 2.45) is 5.92 Å². The van der Waals surface area contributed by atoms with Gasteiger partial charge in [0.15, 0.2) is 0 Å². The van der Waals surface area contributed by atoms with Crippen LogP contribution in [0.1, 0.15) is 37.1 Å². The van der Waals surface area contributed by atoms with E-state index in [0.717, 1.165) is 30.6 Å². The van der Waals surface area contributed by atoms with E-state index in [9.17, 15) is 8.42 Å². The van der Waals surface area contributed by atoms with Gasteiger partial charge in [0.1, 0.15) is 0 Å². The highest BCUT2D eigenvalue weighted by molar-refractivity contribution is 7.94. The molecule has 0 radical (unpaired) electrons. The summed E-state index contributed by atoms with van der Waals surface area (Å²) in [6, 6.07) is 6.06. The summed E-state index contributed by atoms with van der Waals surface area (Å²) in [5, 5.41) is 1.78. The second-order valence-electron chi connectivity index (χ2n) is 6.49. The van der Waals surface area contributed by atoms with Gasteiger partial charge in [-0.05, 0) is 55.4 Å². The maximum absolute atomic E-state index is 13.1. The fraction of sp³-hybridized carbons (Fsp3) is 0.471. The number of fused-ring (bicyclic) bond motifs is 1. The third-order valence-corrected chi connectivity index (χ3v) is 7.15. The van der Waals surface area contributed by atoms with Gasteiger partial charge in [0.25, 0.3) is 10.0 Å². The fourth-order valence-corrected chi connectivity index (χ4v) is 5.69. The third-order valence-electron chi connectivity index (χ3n) is 4.01. The molecule has 0 atom stereocenters. The number of nitrogens with zero attached hydrogens (tertiary/aromatic N) is 2. The van der Waals surface area contributed by atoms with Crippen molar-refractivity contribution < 1.29 is 8.42 Å². The number of sulfonamides is 1. The number of rotatable bonds is 5. The minimum atomic E-state index is -3.61. The van der Waals surface area contributed by atoms with Crippen molar-refractivity contribution in [1.29, 1.82) is 0 Å². The molecule has 0 unspecified atom stereocenters. The summed E-state index contributed by atoms with van der Waals surface area (Å²) in [4.78, 5) is 4.20. The van der Waals surface area contributed by atoms with Crippen molar-refractivity contribution in [3.63, 3.8) is 0 Å². The van der Waals surface area contributed by atoms with Crippen molar-refractivity contribution in [2.45, 2.75) is 44.4 Å². The highest BCUT2D eigenvalue weighted by atomic mass is 32.2. The Balaban J connectivity index is 2.04. The fourth-order valence-electron chi connectivity index (χ4n) is 2.93. The van der Waals surface area contributed by atoms with E-state index in [0.29, 0.717) is 6.54 Å². The highest BCUT2D eigenvalue weighted by Crippen LogP contribution is 2.31. The molecule has 1 aliphatic carbocycles. The van der Waals surface area contributed by atoms with Crippen LogP contribution in [0.4, 0.5) is 5.69 Å². The van der Waals surface area contributed by atoms with Crippen LogP contribution in [-0.2, 0) is 22.9 Å². The predicted molar refractivity (Wildman–Crippen MR) is 94.7 cm³/mol. The summed E-state index contributed by atoms with van der Waals surface area (Å²) in [6.45, 7) is 6.34. The Kier molecular flexibility index (Phi) is 4.47. The van der Waals surface area contributed by atoms with Crippen molar-refractivity contribution in [3.05, 3.63) is 40.4 Å². The Morgan fingerprint density at radius 1 is 1.26 bits per heavy atom. The monoisotopic (exact) mass is 350 g/mol. The van der Waals surface area contributed by atoms with Crippen LogP contribution in [0, 0.1) is 12.8 Å². The minimum absolute atomic E-state index is 0.177. The van der Waals surface area contributed by atoms with Crippen molar-refractivity contribution in [1.82, 2.24) is 4.98 Å². The molecule has 0 aliphatic heterocycles. The lowest BCUT2D eigenvalue weighted by Gasteiger charge is -2.25. The summed E-state index contributed by atoms with van der Waals surface area (Å²) >= 11 is 1.19. The van der Waals surface area contributed by atoms with Gasteiger partial charge in [0, 0.05) is 17.6 Å². The Labute approximate surface area is 142 Å². The lowest BCUT2D eigenvalue weighted by molar-refractivity contribution is 0.577. The van der Waals surface area contributed by atoms with Crippen molar-refractivity contribution >= 4 is 27.0 Å². The minimum Gasteiger partial charge on any atom is -0.264 e. The van der Waals surface area contributed by atoms with Gasteiger partial charge in [-0.1, -0.05) is 19.9 Å². The Morgan fingerprint density at radius 2 is 2.00 bits per heavy atom. The molecule has 0 N–H and O–H groups in total. The number of thiazole rings is 1. The van der Waals surface area contributed by atoms with Crippen LogP contribution >= 0.6 is 11.3 Å². The van der Waals surface area contributed by atoms with Gasteiger partial charge in [-0.2, -0.15) is 8.42 Å². The Bertz CT molecular complexity index is 810. The molecule has 0 saturated heterocycles. The zero-order chi connectivity index (χ0) is 16.6. The van der Waals surface area contributed by atoms with Gasteiger partial charge in [-0.3, -0.25) is 4.31 Å². The topological polar surface area (TPSA) is 50.3 Å². The molecule has 0 bridgehead atoms. The van der Waals surface area contributed by atoms with Gasteiger partial charge >= 0.3 is 0 Å². The largest absolute Gasteiger partial charge is 0.291 e. The van der Waals surface area contributed by atoms with Crippen molar-refractivity contribution in [2.75, 3.05) is 10.8 Å². The lowest BCUT2D eigenvalue weighted by Crippen LogP contribution is -2.34. The quantitative estimate of drug-likeness (QED) is 0.824. The average Bonchev–Trinajstić information content (AvgIpc) is 3.12. The van der Waals surface area contributed by atoms with E-state index in [1.54, 1.807) is 5.38 Å². The van der Waals surface area contributed by atoms with Crippen LogP contribution in [0.5, 0.6) is 0 Å². The van der Waals surface area contributed by atoms with Crippen LogP contribution in [0.25, 0.3) is 0 Å². The molecule has 4 nitrogen and oxygen atoms in total. The van der Waals surface area contributed by atoms with Gasteiger partial charge in [0.2, 0.25) is 4.34 Å². The number of hydrogen-bond donors (Lipinski definition) is 0. The van der Waals surface area contributed by atoms with Crippen LogP contribution in [0.2, 0.25) is 0 Å². The average molecular weight is 351 g/mol. The first-order valence-electron chi connectivity index (χ1n) is 7.94. The predicted octanol–water partition coefficient (Wildman–Crippen LogP) is 3.79. The molecule has 1 aliphatic rings. The van der Waals surface area contributed by atoms with E-state index in [2.05, 4.69) is 11.1 Å². The third kappa shape index (κ3) is 3.28. The van der Waals surface area contributed by atoms with Crippen LogP contribution in [0.3, 0.4) is 0 Å². The molecule has 23 heavy (non-hydrogen) atoms. The van der Waals surface area contributed by atoms with E-state index in [-0.39, 0.29) is 10.3 Å². The highest BCUT2D eigenvalue weighted by Gasteiger charge is 2.29. The molecule has 3 rings (SSSR count). The summed E-state index contributed by atoms with van der Waals surface area (Å²) in [5.74, 6) is 0.235. The van der Waals surface area contributed by atoms with Gasteiger partial charge in [0.05, 0.1) is 5.69 Å². The summed E-state index contributed by atoms with van der Waals surface area (Å²) in [6.07, 6.45) is 3.29. The van der Waals surface area contributed by atoms with Gasteiger partial charge in [-0.25, -0.2) is 4.98 Å². The van der Waals surface area contributed by atoms with Crippen LogP contribution in [0.15, 0.2) is 27.9 Å². The zero-order valence-electron chi connectivity index (χ0n) is 13.7. The molecule has 1 heterocycles. The summed E-state index contributed by atoms with van der Waals surface area (Å²) < 4.78 is 27.8. The summed E-state index contributed by atoms with van der Waals surface area (Å²) in [7, 11) is -3.61. The molecular formula is C17H22N2O2S2. The first-order chi connectivity index (χ1) is 10.9. The Morgan fingerprint density at radius 3 is 2.65 bits per heavy atom. The van der Waals surface area contributed by atoms with Crippen LogP contribution < -0.4 is 4.31 Å². The smallest absolute Gasteiger partial charge is 0.264 e. The first kappa shape index (κ1) is 16.5. The molecule has 0 saturated carbocycles. The zero-order valence-corrected chi connectivity index (χ0v) is 15.4. The van der Waals surface area contributed by atoms with Crippen molar-refractivity contribution in [3.8, 4) is 0 Å². The number of aryl methyl sites for hydroxylation is 3. The molecule has 6 heteroatoms. The second-order valence-corrected chi connectivity index (χ2v) is 9.39. The lowest BCUT2D eigenvalue weighted by atomic mass is 10.1. The normalized spacial score (nSPS) is 14.3. The van der Waals surface area contributed by atoms with Gasteiger partial charge in [-0.15, -0.1) is 11.3 Å². The van der Waals surface area contributed by atoms with Crippen LogP contribution in [-0.4, -0.2) is 19.9 Å². The molecule has 1 aromatic heterocycles. The molecular weight excluding hydrogens is 328 g/mol. The second kappa shape index (κ2) is 6.24. The number of anilines is 1. The van der Waals surface area contributed by atoms with E-state index in [4.69, 9.17) is 0 Å². The number of benzene rings is 1.